The smallest absolute Gasteiger partial charge is 0.265 e. The molecule has 2 rings (SSSR count). The van der Waals surface area contributed by atoms with Crippen LogP contribution in [0.15, 0.2) is 24.3 Å². The van der Waals surface area contributed by atoms with E-state index >= 15 is 0 Å². The van der Waals surface area contributed by atoms with Crippen molar-refractivity contribution in [1.29, 1.82) is 0 Å². The summed E-state index contributed by atoms with van der Waals surface area (Å²) in [5.41, 5.74) is 1.14. The number of halogens is 2. The first-order chi connectivity index (χ1) is 7.99. The first-order valence-corrected chi connectivity index (χ1v) is 5.72. The molecule has 0 unspecified atom stereocenters. The second-order valence-electron chi connectivity index (χ2n) is 4.45. The van der Waals surface area contributed by atoms with Gasteiger partial charge in [-0.05, 0) is 25.5 Å². The third-order valence-electron chi connectivity index (χ3n) is 3.02. The number of hydrogen-bond donors (Lipinski definition) is 0. The topological polar surface area (TPSA) is 20.3 Å². The first-order valence-electron chi connectivity index (χ1n) is 5.72. The van der Waals surface area contributed by atoms with Crippen molar-refractivity contribution in [3.63, 3.8) is 0 Å². The molecule has 0 atom stereocenters. The molecule has 0 bridgehead atoms. The van der Waals surface area contributed by atoms with Crippen molar-refractivity contribution in [3.8, 4) is 0 Å². The number of benzene rings is 1. The molecular formula is C13H15F2NO. The van der Waals surface area contributed by atoms with Crippen LogP contribution in [0.25, 0.3) is 0 Å². The van der Waals surface area contributed by atoms with Gasteiger partial charge in [0.1, 0.15) is 0 Å². The van der Waals surface area contributed by atoms with Gasteiger partial charge in [-0.3, -0.25) is 4.79 Å². The van der Waals surface area contributed by atoms with E-state index in [1.54, 1.807) is 29.2 Å². The molecule has 1 aliphatic rings. The van der Waals surface area contributed by atoms with Gasteiger partial charge in [0.2, 0.25) is 0 Å². The number of hydrogen-bond acceptors (Lipinski definition) is 2. The normalized spacial score (nSPS) is 19.1. The number of ketones is 1. The summed E-state index contributed by atoms with van der Waals surface area (Å²) in [6, 6.07) is 6.94. The number of alkyl halides is 2. The number of rotatable bonds is 2. The lowest BCUT2D eigenvalue weighted by Gasteiger charge is -2.34. The molecule has 4 heteroatoms. The van der Waals surface area contributed by atoms with E-state index in [4.69, 9.17) is 0 Å². The van der Waals surface area contributed by atoms with Crippen molar-refractivity contribution in [3.05, 3.63) is 29.8 Å². The van der Waals surface area contributed by atoms with Crippen molar-refractivity contribution < 1.29 is 13.6 Å². The number of para-hydroxylation sites is 1. The van der Waals surface area contributed by atoms with Gasteiger partial charge in [-0.2, -0.15) is 0 Å². The van der Waals surface area contributed by atoms with Crippen molar-refractivity contribution in [2.75, 3.05) is 18.0 Å². The minimum Gasteiger partial charge on any atom is -0.365 e. The number of Topliss-reactive ketones (excluding diaryl/α,β-unsaturated/α-hetero) is 1. The minimum absolute atomic E-state index is 0.0638. The maximum atomic E-state index is 13.3. The Morgan fingerprint density at radius 2 is 2.06 bits per heavy atom. The fraction of sp³-hybridized carbons (Fsp3) is 0.462. The highest BCUT2D eigenvalue weighted by atomic mass is 19.3. The van der Waals surface area contributed by atoms with Gasteiger partial charge in [0.15, 0.2) is 5.78 Å². The molecule has 0 aromatic heterocycles. The van der Waals surface area contributed by atoms with Gasteiger partial charge in [0.05, 0.1) is 6.54 Å². The van der Waals surface area contributed by atoms with Gasteiger partial charge < -0.3 is 4.90 Å². The van der Waals surface area contributed by atoms with Crippen LogP contribution in [0.1, 0.15) is 30.1 Å². The molecule has 1 aromatic rings. The van der Waals surface area contributed by atoms with E-state index < -0.39 is 5.92 Å². The number of anilines is 1. The molecule has 92 valence electrons. The predicted octanol–water partition coefficient (Wildman–Crippen LogP) is 3.12. The molecule has 0 saturated carbocycles. The van der Waals surface area contributed by atoms with Gasteiger partial charge in [-0.1, -0.05) is 12.1 Å². The van der Waals surface area contributed by atoms with E-state index in [0.717, 1.165) is 0 Å². The molecule has 0 amide bonds. The predicted molar refractivity (Wildman–Crippen MR) is 62.8 cm³/mol. The SMILES string of the molecule is CC(=O)c1ccccc1N1CCCC(F)(F)C1. The van der Waals surface area contributed by atoms with Gasteiger partial charge in [0.25, 0.3) is 5.92 Å². The van der Waals surface area contributed by atoms with Gasteiger partial charge in [-0.15, -0.1) is 0 Å². The van der Waals surface area contributed by atoms with Crippen molar-refractivity contribution in [2.45, 2.75) is 25.7 Å². The fourth-order valence-corrected chi connectivity index (χ4v) is 2.22. The lowest BCUT2D eigenvalue weighted by molar-refractivity contribution is -0.0117. The second kappa shape index (κ2) is 4.43. The lowest BCUT2D eigenvalue weighted by atomic mass is 10.0. The van der Waals surface area contributed by atoms with Crippen LogP contribution >= 0.6 is 0 Å². The number of carbonyl (C=O) groups excluding carboxylic acids is 1. The Bertz CT molecular complexity index is 431. The molecule has 0 radical (unpaired) electrons. The summed E-state index contributed by atoms with van der Waals surface area (Å²) in [7, 11) is 0. The summed E-state index contributed by atoms with van der Waals surface area (Å²) in [5.74, 6) is -2.74. The van der Waals surface area contributed by atoms with E-state index in [1.165, 1.54) is 6.92 Å². The van der Waals surface area contributed by atoms with Gasteiger partial charge >= 0.3 is 0 Å². The highest BCUT2D eigenvalue weighted by Gasteiger charge is 2.35. The van der Waals surface area contributed by atoms with Crippen LogP contribution < -0.4 is 4.90 Å². The molecule has 2 nitrogen and oxygen atoms in total. The average Bonchev–Trinajstić information content (AvgIpc) is 2.27. The summed E-state index contributed by atoms with van der Waals surface area (Å²) < 4.78 is 26.7. The highest BCUT2D eigenvalue weighted by molar-refractivity contribution is 5.99. The monoisotopic (exact) mass is 239 g/mol. The van der Waals surface area contributed by atoms with Crippen LogP contribution in [0.2, 0.25) is 0 Å². The van der Waals surface area contributed by atoms with E-state index in [0.29, 0.717) is 24.2 Å². The van der Waals surface area contributed by atoms with Gasteiger partial charge in [0, 0.05) is 24.2 Å². The summed E-state index contributed by atoms with van der Waals surface area (Å²) in [4.78, 5) is 13.1. The Hall–Kier alpha value is -1.45. The highest BCUT2D eigenvalue weighted by Crippen LogP contribution is 2.31. The molecule has 0 aliphatic carbocycles. The molecule has 1 aliphatic heterocycles. The van der Waals surface area contributed by atoms with Crippen LogP contribution in [0.3, 0.4) is 0 Å². The van der Waals surface area contributed by atoms with Crippen molar-refractivity contribution in [2.24, 2.45) is 0 Å². The van der Waals surface area contributed by atoms with E-state index in [1.807, 2.05) is 0 Å². The average molecular weight is 239 g/mol. The third kappa shape index (κ3) is 2.62. The molecular weight excluding hydrogens is 224 g/mol. The summed E-state index contributed by atoms with van der Waals surface area (Å²) >= 11 is 0. The number of carbonyl (C=O) groups is 1. The first kappa shape index (κ1) is 12.0. The minimum atomic E-state index is -2.65. The number of piperidine rings is 1. The fourth-order valence-electron chi connectivity index (χ4n) is 2.22. The summed E-state index contributed by atoms with van der Waals surface area (Å²) in [5, 5.41) is 0. The standard InChI is InChI=1S/C13H15F2NO/c1-10(17)11-5-2-3-6-12(11)16-8-4-7-13(14,15)9-16/h2-3,5-6H,4,7-9H2,1H3. The molecule has 17 heavy (non-hydrogen) atoms. The molecule has 0 N–H and O–H groups in total. The summed E-state index contributed by atoms with van der Waals surface area (Å²) in [6.45, 7) is 1.75. The third-order valence-corrected chi connectivity index (χ3v) is 3.02. The molecule has 0 spiro atoms. The van der Waals surface area contributed by atoms with E-state index in [9.17, 15) is 13.6 Å². The largest absolute Gasteiger partial charge is 0.365 e. The van der Waals surface area contributed by atoms with Crippen LogP contribution in [0.5, 0.6) is 0 Å². The number of nitrogens with zero attached hydrogens (tertiary/aromatic N) is 1. The van der Waals surface area contributed by atoms with Crippen LogP contribution in [0, 0.1) is 0 Å². The Labute approximate surface area is 99.2 Å². The van der Waals surface area contributed by atoms with Gasteiger partial charge in [-0.25, -0.2) is 8.78 Å². The molecule has 1 aromatic carbocycles. The quantitative estimate of drug-likeness (QED) is 0.739. The zero-order valence-electron chi connectivity index (χ0n) is 9.75. The van der Waals surface area contributed by atoms with E-state index in [2.05, 4.69) is 0 Å². The van der Waals surface area contributed by atoms with Crippen LogP contribution in [-0.2, 0) is 0 Å². The van der Waals surface area contributed by atoms with Crippen molar-refractivity contribution >= 4 is 11.5 Å². The maximum Gasteiger partial charge on any atom is 0.265 e. The molecule has 1 fully saturated rings. The van der Waals surface area contributed by atoms with Crippen molar-refractivity contribution in [1.82, 2.24) is 0 Å². The van der Waals surface area contributed by atoms with Crippen LogP contribution in [-0.4, -0.2) is 24.8 Å². The molecule has 1 heterocycles. The Balaban J connectivity index is 2.30. The maximum absolute atomic E-state index is 13.3. The Morgan fingerprint density at radius 1 is 1.35 bits per heavy atom. The second-order valence-corrected chi connectivity index (χ2v) is 4.45. The summed E-state index contributed by atoms with van der Waals surface area (Å²) in [6.07, 6.45) is 0.394. The molecule has 1 saturated heterocycles. The zero-order valence-corrected chi connectivity index (χ0v) is 9.75. The zero-order chi connectivity index (χ0) is 12.5. The van der Waals surface area contributed by atoms with Crippen LogP contribution in [0.4, 0.5) is 14.5 Å². The lowest BCUT2D eigenvalue weighted by Crippen LogP contribution is -2.43. The Kier molecular flexibility index (Phi) is 3.13. The Morgan fingerprint density at radius 3 is 2.71 bits per heavy atom. The van der Waals surface area contributed by atoms with E-state index in [-0.39, 0.29) is 18.7 Å².